The van der Waals surface area contributed by atoms with Crippen LogP contribution in [0.1, 0.15) is 62.9 Å². The zero-order valence-corrected chi connectivity index (χ0v) is 15.4. The summed E-state index contributed by atoms with van der Waals surface area (Å²) in [5.74, 6) is 4.90. The van der Waals surface area contributed by atoms with Gasteiger partial charge in [-0.15, -0.1) is 12.4 Å². The highest BCUT2D eigenvalue weighted by molar-refractivity contribution is 5.85. The van der Waals surface area contributed by atoms with Crippen molar-refractivity contribution in [2.24, 2.45) is 23.5 Å². The number of amides is 1. The van der Waals surface area contributed by atoms with E-state index in [-0.39, 0.29) is 24.4 Å². The van der Waals surface area contributed by atoms with Gasteiger partial charge in [-0.2, -0.15) is 0 Å². The summed E-state index contributed by atoms with van der Waals surface area (Å²) in [4.78, 5) is 14.9. The van der Waals surface area contributed by atoms with Crippen molar-refractivity contribution >= 4 is 18.3 Å². The van der Waals surface area contributed by atoms with E-state index in [1.165, 1.54) is 6.42 Å². The van der Waals surface area contributed by atoms with Crippen molar-refractivity contribution in [3.63, 3.8) is 0 Å². The molecule has 24 heavy (non-hydrogen) atoms. The highest BCUT2D eigenvalue weighted by Crippen LogP contribution is 2.52. The van der Waals surface area contributed by atoms with Gasteiger partial charge < -0.3 is 15.1 Å². The summed E-state index contributed by atoms with van der Waals surface area (Å²) in [5, 5.41) is 0. The summed E-state index contributed by atoms with van der Waals surface area (Å²) in [6, 6.07) is 4.44. The minimum Gasteiger partial charge on any atom is -0.465 e. The summed E-state index contributed by atoms with van der Waals surface area (Å²) in [6.45, 7) is 5.97. The van der Waals surface area contributed by atoms with Crippen molar-refractivity contribution in [2.75, 3.05) is 13.1 Å². The smallest absolute Gasteiger partial charge is 0.226 e. The summed E-state index contributed by atoms with van der Waals surface area (Å²) in [5.41, 5.74) is 5.90. The summed E-state index contributed by atoms with van der Waals surface area (Å²) >= 11 is 0. The van der Waals surface area contributed by atoms with Crippen molar-refractivity contribution in [2.45, 2.75) is 57.4 Å². The molecule has 2 heterocycles. The molecule has 1 amide bonds. The predicted octanol–water partition coefficient (Wildman–Crippen LogP) is 3.51. The van der Waals surface area contributed by atoms with E-state index >= 15 is 0 Å². The Morgan fingerprint density at radius 2 is 1.88 bits per heavy atom. The van der Waals surface area contributed by atoms with Crippen LogP contribution in [0.2, 0.25) is 0 Å². The molecule has 0 radical (unpaired) electrons. The second-order valence-electron chi connectivity index (χ2n) is 8.06. The lowest BCUT2D eigenvalue weighted by molar-refractivity contribution is -0.136. The van der Waals surface area contributed by atoms with Crippen LogP contribution >= 0.6 is 12.4 Å². The van der Waals surface area contributed by atoms with Crippen LogP contribution < -0.4 is 5.73 Å². The number of carbonyl (C=O) groups is 1. The Hall–Kier alpha value is -1.00. The van der Waals surface area contributed by atoms with Crippen molar-refractivity contribution in [3.8, 4) is 0 Å². The normalized spacial score (nSPS) is 37.7. The fraction of sp³-hybridized carbons (Fsp3) is 0.737. The highest BCUT2D eigenvalue weighted by atomic mass is 35.5. The minimum atomic E-state index is 0. The molecule has 0 spiro atoms. The van der Waals surface area contributed by atoms with Gasteiger partial charge in [0.05, 0.1) is 0 Å². The van der Waals surface area contributed by atoms with Crippen LogP contribution in [0.15, 0.2) is 16.5 Å². The highest BCUT2D eigenvalue weighted by Gasteiger charge is 2.49. The van der Waals surface area contributed by atoms with Crippen LogP contribution in [0.5, 0.6) is 0 Å². The van der Waals surface area contributed by atoms with Gasteiger partial charge in [0, 0.05) is 36.9 Å². The average Bonchev–Trinajstić information content (AvgIpc) is 3.44. The van der Waals surface area contributed by atoms with Crippen molar-refractivity contribution in [1.82, 2.24) is 4.90 Å². The molecule has 4 nitrogen and oxygen atoms in total. The number of furan rings is 1. The number of hydrogen-bond acceptors (Lipinski definition) is 3. The molecule has 5 heteroatoms. The summed E-state index contributed by atoms with van der Waals surface area (Å²) in [6.07, 6.45) is 4.33. The predicted molar refractivity (Wildman–Crippen MR) is 96.3 cm³/mol. The molecule has 1 aromatic heterocycles. The lowest BCUT2D eigenvalue weighted by Gasteiger charge is -2.38. The van der Waals surface area contributed by atoms with Gasteiger partial charge in [-0.3, -0.25) is 4.79 Å². The standard InChI is InChI=1S/C19H28N2O2.ClH/c1-11-5-6-21(13(7-11)10-20)19(22)16-9-15(16)18-4-3-17(23-18)14-8-12(14)2;/h3-4,11-16H,5-10,20H2,1-2H3;1H. The maximum absolute atomic E-state index is 12.9. The van der Waals surface area contributed by atoms with E-state index in [9.17, 15) is 4.79 Å². The first kappa shape index (κ1) is 17.8. The maximum atomic E-state index is 12.9. The third kappa shape index (κ3) is 3.23. The number of hydrogen-bond donors (Lipinski definition) is 1. The van der Waals surface area contributed by atoms with Crippen LogP contribution in [0.3, 0.4) is 0 Å². The summed E-state index contributed by atoms with van der Waals surface area (Å²) < 4.78 is 6.04. The first-order chi connectivity index (χ1) is 11.1. The van der Waals surface area contributed by atoms with Gasteiger partial charge in [0.1, 0.15) is 11.5 Å². The number of piperidine rings is 1. The van der Waals surface area contributed by atoms with Gasteiger partial charge >= 0.3 is 0 Å². The maximum Gasteiger partial charge on any atom is 0.226 e. The van der Waals surface area contributed by atoms with Gasteiger partial charge in [0.15, 0.2) is 0 Å². The molecule has 6 unspecified atom stereocenters. The largest absolute Gasteiger partial charge is 0.465 e. The molecule has 2 saturated carbocycles. The Morgan fingerprint density at radius 3 is 2.50 bits per heavy atom. The minimum absolute atomic E-state index is 0. The molecule has 2 N–H and O–H groups in total. The molecule has 4 rings (SSSR count). The first-order valence-electron chi connectivity index (χ1n) is 9.18. The van der Waals surface area contributed by atoms with E-state index < -0.39 is 0 Å². The van der Waals surface area contributed by atoms with Gasteiger partial charge in [-0.05, 0) is 49.7 Å². The van der Waals surface area contributed by atoms with E-state index in [1.54, 1.807) is 0 Å². The Kier molecular flexibility index (Phi) is 4.99. The monoisotopic (exact) mass is 352 g/mol. The van der Waals surface area contributed by atoms with Crippen LogP contribution in [0, 0.1) is 17.8 Å². The number of nitrogens with two attached hydrogens (primary N) is 1. The van der Waals surface area contributed by atoms with Crippen molar-refractivity contribution < 1.29 is 9.21 Å². The van der Waals surface area contributed by atoms with E-state index in [0.29, 0.717) is 30.2 Å². The van der Waals surface area contributed by atoms with Gasteiger partial charge in [-0.1, -0.05) is 13.8 Å². The fourth-order valence-corrected chi connectivity index (χ4v) is 4.25. The lowest BCUT2D eigenvalue weighted by atomic mass is 9.92. The molecule has 0 bridgehead atoms. The molecule has 2 aliphatic carbocycles. The fourth-order valence-electron chi connectivity index (χ4n) is 4.25. The number of nitrogens with zero attached hydrogens (tertiary/aromatic N) is 1. The quantitative estimate of drug-likeness (QED) is 0.901. The van der Waals surface area contributed by atoms with E-state index in [0.717, 1.165) is 43.2 Å². The molecule has 1 saturated heterocycles. The third-order valence-electron chi connectivity index (χ3n) is 6.13. The molecular weight excluding hydrogens is 324 g/mol. The van der Waals surface area contributed by atoms with Crippen molar-refractivity contribution in [1.29, 1.82) is 0 Å². The molecule has 1 aromatic rings. The molecule has 0 aromatic carbocycles. The Bertz CT molecular complexity index is 602. The number of likely N-dealkylation sites (tertiary alicyclic amines) is 1. The molecule has 3 aliphatic rings. The van der Waals surface area contributed by atoms with E-state index in [1.807, 2.05) is 0 Å². The van der Waals surface area contributed by atoms with Crippen LogP contribution in [-0.2, 0) is 4.79 Å². The van der Waals surface area contributed by atoms with E-state index in [2.05, 4.69) is 30.9 Å². The Morgan fingerprint density at radius 1 is 1.21 bits per heavy atom. The third-order valence-corrected chi connectivity index (χ3v) is 6.13. The first-order valence-corrected chi connectivity index (χ1v) is 9.18. The second-order valence-corrected chi connectivity index (χ2v) is 8.06. The van der Waals surface area contributed by atoms with Crippen LogP contribution in [0.25, 0.3) is 0 Å². The molecule has 134 valence electrons. The van der Waals surface area contributed by atoms with Gasteiger partial charge in [0.2, 0.25) is 5.91 Å². The van der Waals surface area contributed by atoms with Gasteiger partial charge in [0.25, 0.3) is 0 Å². The molecule has 1 aliphatic heterocycles. The summed E-state index contributed by atoms with van der Waals surface area (Å²) in [7, 11) is 0. The number of rotatable bonds is 4. The Labute approximate surface area is 150 Å². The zero-order chi connectivity index (χ0) is 16.1. The molecular formula is C19H29ClN2O2. The lowest BCUT2D eigenvalue weighted by Crippen LogP contribution is -2.49. The topological polar surface area (TPSA) is 59.5 Å². The van der Waals surface area contributed by atoms with Crippen molar-refractivity contribution in [3.05, 3.63) is 23.7 Å². The van der Waals surface area contributed by atoms with E-state index in [4.69, 9.17) is 10.2 Å². The molecule has 6 atom stereocenters. The SMILES string of the molecule is CC1CCN(C(=O)C2CC2c2ccc(C3CC3C)o2)C(CN)C1.Cl. The second kappa shape index (κ2) is 6.72. The number of carbonyl (C=O) groups excluding carboxylic acids is 1. The van der Waals surface area contributed by atoms with Crippen LogP contribution in [0.4, 0.5) is 0 Å². The number of halogens is 1. The zero-order valence-electron chi connectivity index (χ0n) is 14.6. The van der Waals surface area contributed by atoms with Gasteiger partial charge in [-0.25, -0.2) is 0 Å². The Balaban J connectivity index is 0.00000169. The average molecular weight is 353 g/mol. The molecule has 3 fully saturated rings. The van der Waals surface area contributed by atoms with Crippen LogP contribution in [-0.4, -0.2) is 29.9 Å².